The van der Waals surface area contributed by atoms with E-state index in [1.807, 2.05) is 12.1 Å². The van der Waals surface area contributed by atoms with Crippen LogP contribution in [0.15, 0.2) is 60.0 Å². The number of aromatic nitrogens is 3. The number of ether oxygens (including phenoxy) is 1. The third-order valence-electron chi connectivity index (χ3n) is 3.51. The number of hydrogen-bond donors (Lipinski definition) is 1. The fourth-order valence-electron chi connectivity index (χ4n) is 2.27. The summed E-state index contributed by atoms with van der Waals surface area (Å²) in [4.78, 5) is 21.0. The molecule has 1 aromatic carbocycles. The van der Waals surface area contributed by atoms with Gasteiger partial charge in [0, 0.05) is 30.5 Å². The third kappa shape index (κ3) is 4.24. The van der Waals surface area contributed by atoms with Crippen LogP contribution in [-0.2, 0) is 9.63 Å². The zero-order chi connectivity index (χ0) is 19.2. The van der Waals surface area contributed by atoms with E-state index in [1.165, 1.54) is 14.2 Å². The Bertz CT molecular complexity index is 969. The molecule has 0 spiro atoms. The minimum atomic E-state index is -0.429. The zero-order valence-corrected chi connectivity index (χ0v) is 15.3. The number of carbonyl (C=O) groups excluding carboxylic acids is 1. The lowest BCUT2D eigenvalue weighted by molar-refractivity contribution is -0.114. The number of hydrogen-bond acceptors (Lipinski definition) is 6. The minimum Gasteiger partial charge on any atom is -0.418 e. The molecule has 8 nitrogen and oxygen atoms in total. The summed E-state index contributed by atoms with van der Waals surface area (Å²) in [5.74, 6) is 0.0539. The Morgan fingerprint density at radius 3 is 2.70 bits per heavy atom. The second-order valence-electron chi connectivity index (χ2n) is 5.23. The van der Waals surface area contributed by atoms with Gasteiger partial charge in [-0.2, -0.15) is 0 Å². The van der Waals surface area contributed by atoms with Crippen LogP contribution in [0.25, 0.3) is 5.69 Å². The van der Waals surface area contributed by atoms with Gasteiger partial charge in [-0.25, -0.2) is 9.67 Å². The van der Waals surface area contributed by atoms with E-state index in [4.69, 9.17) is 21.2 Å². The Morgan fingerprint density at radius 2 is 2.00 bits per heavy atom. The van der Waals surface area contributed by atoms with Gasteiger partial charge in [-0.3, -0.25) is 4.79 Å². The Kier molecular flexibility index (Phi) is 5.68. The summed E-state index contributed by atoms with van der Waals surface area (Å²) in [6.07, 6.45) is 3.29. The topological polar surface area (TPSA) is 90.6 Å². The summed E-state index contributed by atoms with van der Waals surface area (Å²) in [6.45, 7) is 0. The van der Waals surface area contributed by atoms with Gasteiger partial charge in [-0.15, -0.1) is 5.10 Å². The van der Waals surface area contributed by atoms with Crippen LogP contribution in [0, 0.1) is 0 Å². The molecule has 0 unspecified atom stereocenters. The summed E-state index contributed by atoms with van der Waals surface area (Å²) in [6, 6.07) is 12.2. The predicted molar refractivity (Wildman–Crippen MR) is 100 cm³/mol. The number of carbonyl (C=O) groups is 1. The lowest BCUT2D eigenvalue weighted by Gasteiger charge is -2.09. The van der Waals surface area contributed by atoms with Crippen LogP contribution in [0.4, 0.5) is 0 Å². The Hall–Kier alpha value is -3.39. The normalized spacial score (nSPS) is 11.1. The van der Waals surface area contributed by atoms with Gasteiger partial charge < -0.3 is 14.9 Å². The van der Waals surface area contributed by atoms with Crippen molar-refractivity contribution >= 4 is 23.2 Å². The van der Waals surface area contributed by atoms with E-state index in [1.54, 1.807) is 47.4 Å². The van der Waals surface area contributed by atoms with E-state index in [9.17, 15) is 4.79 Å². The molecule has 27 heavy (non-hydrogen) atoms. The Balaban J connectivity index is 1.90. The fourth-order valence-corrected chi connectivity index (χ4v) is 2.40. The van der Waals surface area contributed by atoms with Crippen LogP contribution in [0.1, 0.15) is 5.56 Å². The average Bonchev–Trinajstić information content (AvgIpc) is 3.15. The highest BCUT2D eigenvalue weighted by atomic mass is 35.5. The van der Waals surface area contributed by atoms with Crippen molar-refractivity contribution in [3.8, 4) is 17.4 Å². The minimum absolute atomic E-state index is 0.0419. The third-order valence-corrected chi connectivity index (χ3v) is 3.76. The quantitative estimate of drug-likeness (QED) is 0.520. The van der Waals surface area contributed by atoms with Crippen molar-refractivity contribution in [3.05, 3.63) is 65.4 Å². The number of pyridine rings is 1. The second kappa shape index (κ2) is 8.33. The first kappa shape index (κ1) is 18.4. The van der Waals surface area contributed by atoms with Gasteiger partial charge in [0.25, 0.3) is 5.91 Å². The van der Waals surface area contributed by atoms with Gasteiger partial charge in [0.1, 0.15) is 7.11 Å². The number of likely N-dealkylation sites (N-methyl/N-ethyl adjacent to an activating group) is 1. The average molecular weight is 386 g/mol. The van der Waals surface area contributed by atoms with Crippen molar-refractivity contribution in [1.29, 1.82) is 0 Å². The molecule has 0 aliphatic carbocycles. The summed E-state index contributed by atoms with van der Waals surface area (Å²) in [5, 5.41) is 11.3. The molecule has 2 aromatic heterocycles. The second-order valence-corrected chi connectivity index (χ2v) is 5.67. The molecule has 0 bridgehead atoms. The maximum absolute atomic E-state index is 12.1. The maximum atomic E-state index is 12.1. The monoisotopic (exact) mass is 385 g/mol. The van der Waals surface area contributed by atoms with Crippen molar-refractivity contribution in [3.63, 3.8) is 0 Å². The number of halogens is 1. The highest BCUT2D eigenvalue weighted by molar-refractivity contribution is 6.45. The first-order chi connectivity index (χ1) is 13.1. The molecule has 1 N–H and O–H groups in total. The van der Waals surface area contributed by atoms with Crippen LogP contribution >= 0.6 is 11.6 Å². The van der Waals surface area contributed by atoms with E-state index < -0.39 is 5.91 Å². The highest BCUT2D eigenvalue weighted by Crippen LogP contribution is 2.23. The molecular formula is C18H16ClN5O3. The van der Waals surface area contributed by atoms with Crippen LogP contribution in [-0.4, -0.2) is 40.5 Å². The van der Waals surface area contributed by atoms with Crippen molar-refractivity contribution in [2.75, 3.05) is 14.2 Å². The Morgan fingerprint density at radius 1 is 1.22 bits per heavy atom. The van der Waals surface area contributed by atoms with Crippen molar-refractivity contribution < 1.29 is 14.4 Å². The number of nitrogens with one attached hydrogen (secondary N) is 1. The first-order valence-electron chi connectivity index (χ1n) is 7.90. The van der Waals surface area contributed by atoms with Crippen LogP contribution < -0.4 is 10.1 Å². The SMILES string of the molecule is CNC(=O)C(=NOC)c1cccnc1Oc1ccn(-c2ccc(Cl)cc2)n1. The maximum Gasteiger partial charge on any atom is 0.273 e. The Labute approximate surface area is 160 Å². The van der Waals surface area contributed by atoms with Crippen molar-refractivity contribution in [1.82, 2.24) is 20.1 Å². The molecule has 0 atom stereocenters. The van der Waals surface area contributed by atoms with Gasteiger partial charge in [-0.05, 0) is 36.4 Å². The standard InChI is InChI=1S/C18H16ClN5O3/c1-20-17(25)16(23-26-2)14-4-3-10-21-18(14)27-15-9-11-24(22-15)13-7-5-12(19)6-8-13/h3-11H,1-2H3,(H,20,25). The number of benzene rings is 1. The molecule has 0 saturated heterocycles. The van der Waals surface area contributed by atoms with Gasteiger partial charge in [0.2, 0.25) is 11.8 Å². The van der Waals surface area contributed by atoms with E-state index in [2.05, 4.69) is 20.6 Å². The molecule has 0 saturated carbocycles. The number of nitrogens with zero attached hydrogens (tertiary/aromatic N) is 4. The largest absolute Gasteiger partial charge is 0.418 e. The lowest BCUT2D eigenvalue weighted by atomic mass is 10.1. The molecule has 1 amide bonds. The van der Waals surface area contributed by atoms with Gasteiger partial charge >= 0.3 is 0 Å². The summed E-state index contributed by atoms with van der Waals surface area (Å²) < 4.78 is 7.41. The number of rotatable bonds is 6. The number of oxime groups is 1. The summed E-state index contributed by atoms with van der Waals surface area (Å²) in [7, 11) is 2.85. The van der Waals surface area contributed by atoms with Crippen molar-refractivity contribution in [2.45, 2.75) is 0 Å². The molecular weight excluding hydrogens is 370 g/mol. The smallest absolute Gasteiger partial charge is 0.273 e. The van der Waals surface area contributed by atoms with E-state index in [-0.39, 0.29) is 11.6 Å². The summed E-state index contributed by atoms with van der Waals surface area (Å²) >= 11 is 5.91. The van der Waals surface area contributed by atoms with Crippen LogP contribution in [0.3, 0.4) is 0 Å². The van der Waals surface area contributed by atoms with Crippen LogP contribution in [0.5, 0.6) is 11.8 Å². The number of amides is 1. The highest BCUT2D eigenvalue weighted by Gasteiger charge is 2.20. The van der Waals surface area contributed by atoms with E-state index >= 15 is 0 Å². The first-order valence-corrected chi connectivity index (χ1v) is 8.28. The lowest BCUT2D eigenvalue weighted by Crippen LogP contribution is -2.29. The molecule has 3 aromatic rings. The van der Waals surface area contributed by atoms with Gasteiger partial charge in [0.05, 0.1) is 11.3 Å². The molecule has 0 aliphatic heterocycles. The fraction of sp³-hybridized carbons (Fsp3) is 0.111. The van der Waals surface area contributed by atoms with Gasteiger partial charge in [-0.1, -0.05) is 16.8 Å². The molecule has 0 fully saturated rings. The van der Waals surface area contributed by atoms with E-state index in [0.717, 1.165) is 5.69 Å². The molecule has 138 valence electrons. The zero-order valence-electron chi connectivity index (χ0n) is 14.6. The molecule has 3 rings (SSSR count). The molecule has 9 heteroatoms. The van der Waals surface area contributed by atoms with Crippen LogP contribution in [0.2, 0.25) is 5.02 Å². The molecule has 0 aliphatic rings. The molecule has 0 radical (unpaired) electrons. The molecule has 2 heterocycles. The van der Waals surface area contributed by atoms with E-state index in [0.29, 0.717) is 16.5 Å². The van der Waals surface area contributed by atoms with Crippen molar-refractivity contribution in [2.24, 2.45) is 5.16 Å². The van der Waals surface area contributed by atoms with Gasteiger partial charge in [0.15, 0.2) is 5.71 Å². The predicted octanol–water partition coefficient (Wildman–Crippen LogP) is 2.81. The summed E-state index contributed by atoms with van der Waals surface area (Å²) in [5.41, 5.74) is 1.24.